The maximum Gasteiger partial charge on any atom is 0.337 e. The topological polar surface area (TPSA) is 105 Å². The van der Waals surface area contributed by atoms with Gasteiger partial charge in [0.15, 0.2) is 18.1 Å². The van der Waals surface area contributed by atoms with Crippen LogP contribution in [0.3, 0.4) is 0 Å². The van der Waals surface area contributed by atoms with E-state index in [1.807, 2.05) is 6.07 Å². The average Bonchev–Trinajstić information content (AvgIpc) is 3.59. The largest absolute Gasteiger partial charge is 0.493 e. The van der Waals surface area contributed by atoms with E-state index in [1.165, 1.54) is 19.2 Å². The maximum absolute atomic E-state index is 12.7. The Morgan fingerprint density at radius 3 is 2.52 bits per heavy atom. The minimum atomic E-state index is -1.14. The van der Waals surface area contributed by atoms with Crippen molar-refractivity contribution in [3.63, 3.8) is 0 Å². The van der Waals surface area contributed by atoms with E-state index >= 15 is 0 Å². The van der Waals surface area contributed by atoms with Crippen LogP contribution in [0.1, 0.15) is 29.6 Å². The first-order chi connectivity index (χ1) is 14.9. The van der Waals surface area contributed by atoms with Crippen LogP contribution < -0.4 is 14.8 Å². The number of nitrogens with zero attached hydrogens (tertiary/aromatic N) is 1. The Hall–Kier alpha value is -3.07. The van der Waals surface area contributed by atoms with Crippen LogP contribution in [0, 0.1) is 0 Å². The van der Waals surface area contributed by atoms with E-state index in [4.69, 9.17) is 9.47 Å². The van der Waals surface area contributed by atoms with E-state index in [2.05, 4.69) is 21.2 Å². The molecule has 1 fully saturated rings. The average molecular weight is 491 g/mol. The van der Waals surface area contributed by atoms with Crippen LogP contribution in [0.2, 0.25) is 0 Å². The maximum atomic E-state index is 12.7. The Morgan fingerprint density at radius 1 is 1.16 bits per heavy atom. The molecule has 0 saturated heterocycles. The number of ether oxygens (including phenoxy) is 2. The number of aromatic carboxylic acids is 1. The standard InChI is InChI=1S/C22H23BrN2O6/c1-30-18-4-2-3-5-19(18)31-13-21(27)25(15-7-8-15)11-10-20(26)24-17-9-6-14(23)12-16(17)22(28)29/h2-6,9,12,15H,7-8,10-11,13H2,1H3,(H,24,26)(H,28,29). The van der Waals surface area contributed by atoms with Crippen LogP contribution in [0.25, 0.3) is 0 Å². The first-order valence-corrected chi connectivity index (χ1v) is 10.6. The van der Waals surface area contributed by atoms with Gasteiger partial charge in [-0.05, 0) is 43.2 Å². The third-order valence-electron chi connectivity index (χ3n) is 4.79. The van der Waals surface area contributed by atoms with E-state index in [0.717, 1.165) is 12.8 Å². The van der Waals surface area contributed by atoms with E-state index in [1.54, 1.807) is 29.2 Å². The number of methoxy groups -OCH3 is 1. The van der Waals surface area contributed by atoms with Crippen LogP contribution in [0.15, 0.2) is 46.9 Å². The van der Waals surface area contributed by atoms with Gasteiger partial charge < -0.3 is 24.8 Å². The highest BCUT2D eigenvalue weighted by Crippen LogP contribution is 2.29. The van der Waals surface area contributed by atoms with Crippen LogP contribution in [-0.4, -0.2) is 54.1 Å². The smallest absolute Gasteiger partial charge is 0.337 e. The van der Waals surface area contributed by atoms with Crippen LogP contribution >= 0.6 is 15.9 Å². The Kier molecular flexibility index (Phi) is 7.51. The fraction of sp³-hybridized carbons (Fsp3) is 0.318. The minimum absolute atomic E-state index is 0.0111. The molecule has 3 rings (SSSR count). The first-order valence-electron chi connectivity index (χ1n) is 9.77. The fourth-order valence-electron chi connectivity index (χ4n) is 3.09. The Bertz CT molecular complexity index is 976. The zero-order valence-electron chi connectivity index (χ0n) is 17.0. The van der Waals surface area contributed by atoms with Gasteiger partial charge in [-0.1, -0.05) is 28.1 Å². The predicted octanol–water partition coefficient (Wildman–Crippen LogP) is 3.55. The van der Waals surface area contributed by atoms with Gasteiger partial charge in [0.2, 0.25) is 5.91 Å². The number of carboxylic acid groups (broad SMARTS) is 1. The molecule has 2 amide bonds. The summed E-state index contributed by atoms with van der Waals surface area (Å²) in [4.78, 5) is 38.1. The molecule has 2 aromatic rings. The van der Waals surface area contributed by atoms with E-state index in [0.29, 0.717) is 16.0 Å². The van der Waals surface area contributed by atoms with E-state index in [-0.39, 0.29) is 48.7 Å². The van der Waals surface area contributed by atoms with Gasteiger partial charge in [0.1, 0.15) is 0 Å². The van der Waals surface area contributed by atoms with Crippen molar-refractivity contribution in [3.05, 3.63) is 52.5 Å². The summed E-state index contributed by atoms with van der Waals surface area (Å²) in [6.07, 6.45) is 1.82. The summed E-state index contributed by atoms with van der Waals surface area (Å²) in [6, 6.07) is 11.8. The molecule has 0 aromatic heterocycles. The first kappa shape index (κ1) is 22.6. The number of halogens is 1. The second kappa shape index (κ2) is 10.3. The van der Waals surface area contributed by atoms with Gasteiger partial charge in [-0.3, -0.25) is 9.59 Å². The van der Waals surface area contributed by atoms with Gasteiger partial charge in [-0.2, -0.15) is 0 Å². The summed E-state index contributed by atoms with van der Waals surface area (Å²) in [7, 11) is 1.53. The molecule has 2 aromatic carbocycles. The van der Waals surface area contributed by atoms with Crippen molar-refractivity contribution in [2.45, 2.75) is 25.3 Å². The number of carbonyl (C=O) groups is 3. The lowest BCUT2D eigenvalue weighted by atomic mass is 10.1. The molecule has 31 heavy (non-hydrogen) atoms. The molecule has 0 atom stereocenters. The minimum Gasteiger partial charge on any atom is -0.493 e. The Morgan fingerprint density at radius 2 is 1.87 bits per heavy atom. The number of carbonyl (C=O) groups excluding carboxylic acids is 2. The molecule has 0 aliphatic heterocycles. The summed E-state index contributed by atoms with van der Waals surface area (Å²) in [5.41, 5.74) is 0.201. The molecule has 1 saturated carbocycles. The molecule has 0 bridgehead atoms. The van der Waals surface area contributed by atoms with Crippen molar-refractivity contribution < 1.29 is 29.0 Å². The molecular weight excluding hydrogens is 468 g/mol. The van der Waals surface area contributed by atoms with Gasteiger partial charge in [0, 0.05) is 23.5 Å². The summed E-state index contributed by atoms with van der Waals surface area (Å²) >= 11 is 3.22. The van der Waals surface area contributed by atoms with Crippen molar-refractivity contribution >= 4 is 39.4 Å². The number of benzene rings is 2. The second-order valence-corrected chi connectivity index (χ2v) is 7.97. The van der Waals surface area contributed by atoms with Gasteiger partial charge in [-0.25, -0.2) is 4.79 Å². The summed E-state index contributed by atoms with van der Waals surface area (Å²) in [5, 5.41) is 11.9. The lowest BCUT2D eigenvalue weighted by Crippen LogP contribution is -2.38. The molecule has 0 radical (unpaired) electrons. The molecule has 2 N–H and O–H groups in total. The number of rotatable bonds is 10. The molecule has 164 valence electrons. The Balaban J connectivity index is 1.56. The highest BCUT2D eigenvalue weighted by Gasteiger charge is 2.33. The van der Waals surface area contributed by atoms with Crippen molar-refractivity contribution in [1.29, 1.82) is 0 Å². The summed E-state index contributed by atoms with van der Waals surface area (Å²) < 4.78 is 11.4. The van der Waals surface area contributed by atoms with Crippen LogP contribution in [0.5, 0.6) is 11.5 Å². The molecule has 1 aliphatic carbocycles. The molecule has 0 heterocycles. The highest BCUT2D eigenvalue weighted by atomic mass is 79.9. The lowest BCUT2D eigenvalue weighted by molar-refractivity contribution is -0.134. The van der Waals surface area contributed by atoms with Crippen molar-refractivity contribution in [2.24, 2.45) is 0 Å². The lowest BCUT2D eigenvalue weighted by Gasteiger charge is -2.22. The molecule has 1 aliphatic rings. The monoisotopic (exact) mass is 490 g/mol. The molecule has 8 nitrogen and oxygen atoms in total. The van der Waals surface area contributed by atoms with Gasteiger partial charge in [0.25, 0.3) is 5.91 Å². The van der Waals surface area contributed by atoms with Crippen LogP contribution in [0.4, 0.5) is 5.69 Å². The van der Waals surface area contributed by atoms with Gasteiger partial charge in [-0.15, -0.1) is 0 Å². The number of para-hydroxylation sites is 2. The second-order valence-electron chi connectivity index (χ2n) is 7.05. The van der Waals surface area contributed by atoms with Crippen molar-refractivity contribution in [1.82, 2.24) is 4.90 Å². The van der Waals surface area contributed by atoms with Crippen molar-refractivity contribution in [3.8, 4) is 11.5 Å². The predicted molar refractivity (Wildman–Crippen MR) is 118 cm³/mol. The number of carboxylic acids is 1. The summed E-state index contributed by atoms with van der Waals surface area (Å²) in [5.74, 6) is -0.704. The van der Waals surface area contributed by atoms with Crippen molar-refractivity contribution in [2.75, 3.05) is 25.6 Å². The zero-order valence-corrected chi connectivity index (χ0v) is 18.6. The zero-order chi connectivity index (χ0) is 22.4. The fourth-order valence-corrected chi connectivity index (χ4v) is 3.46. The normalized spacial score (nSPS) is 12.7. The van der Waals surface area contributed by atoms with Gasteiger partial charge >= 0.3 is 5.97 Å². The summed E-state index contributed by atoms with van der Waals surface area (Å²) in [6.45, 7) is 0.0674. The molecular formula is C22H23BrN2O6. The number of hydrogen-bond acceptors (Lipinski definition) is 5. The van der Waals surface area contributed by atoms with Gasteiger partial charge in [0.05, 0.1) is 18.4 Å². The number of hydrogen-bond donors (Lipinski definition) is 2. The number of amides is 2. The van der Waals surface area contributed by atoms with E-state index < -0.39 is 5.97 Å². The van der Waals surface area contributed by atoms with E-state index in [9.17, 15) is 19.5 Å². The quantitative estimate of drug-likeness (QED) is 0.527. The highest BCUT2D eigenvalue weighted by molar-refractivity contribution is 9.10. The SMILES string of the molecule is COc1ccccc1OCC(=O)N(CCC(=O)Nc1ccc(Br)cc1C(=O)O)C1CC1. The number of nitrogens with one attached hydrogen (secondary N) is 1. The third-order valence-corrected chi connectivity index (χ3v) is 5.29. The molecule has 0 unspecified atom stereocenters. The third kappa shape index (κ3) is 6.21. The molecule has 9 heteroatoms. The Labute approximate surface area is 188 Å². The number of anilines is 1. The van der Waals surface area contributed by atoms with Crippen LogP contribution in [-0.2, 0) is 9.59 Å². The molecule has 0 spiro atoms.